The Balaban J connectivity index is 1.24. The maximum Gasteiger partial charge on any atom is 0.317 e. The molecule has 1 aromatic rings. The lowest BCUT2D eigenvalue weighted by atomic mass is 10.1. The minimum Gasteiger partial charge on any atom is -0.369 e. The van der Waals surface area contributed by atoms with Crippen molar-refractivity contribution in [1.29, 1.82) is 0 Å². The number of carbonyl (C=O) groups excluding carboxylic acids is 1. The van der Waals surface area contributed by atoms with Crippen molar-refractivity contribution in [1.82, 2.24) is 15.1 Å². The first-order valence-electron chi connectivity index (χ1n) is 10.3. The van der Waals surface area contributed by atoms with E-state index in [2.05, 4.69) is 46.3 Å². The molecule has 5 nitrogen and oxygen atoms in total. The van der Waals surface area contributed by atoms with Crippen LogP contribution in [0.15, 0.2) is 24.3 Å². The van der Waals surface area contributed by atoms with E-state index in [-0.39, 0.29) is 6.03 Å². The number of nitrogens with zero attached hydrogens (tertiary/aromatic N) is 3. The summed E-state index contributed by atoms with van der Waals surface area (Å²) in [5.74, 6) is 0.634. The maximum absolute atomic E-state index is 12.6. The van der Waals surface area contributed by atoms with Crippen LogP contribution in [-0.2, 0) is 0 Å². The molecule has 2 amide bonds. The molecule has 2 heterocycles. The number of para-hydroxylation sites is 1. The van der Waals surface area contributed by atoms with Gasteiger partial charge in [-0.1, -0.05) is 18.2 Å². The Morgan fingerprint density at radius 3 is 2.73 bits per heavy atom. The van der Waals surface area contributed by atoms with Crippen LogP contribution in [0.2, 0.25) is 0 Å². The van der Waals surface area contributed by atoms with E-state index in [9.17, 15) is 4.79 Å². The van der Waals surface area contributed by atoms with Crippen LogP contribution >= 0.6 is 0 Å². The quantitative estimate of drug-likeness (QED) is 0.902. The van der Waals surface area contributed by atoms with Crippen LogP contribution in [0.4, 0.5) is 10.5 Å². The van der Waals surface area contributed by atoms with Gasteiger partial charge in [0.1, 0.15) is 0 Å². The van der Waals surface area contributed by atoms with E-state index in [0.717, 1.165) is 45.2 Å². The zero-order valence-corrected chi connectivity index (χ0v) is 16.0. The zero-order chi connectivity index (χ0) is 17.9. The molecule has 26 heavy (non-hydrogen) atoms. The third kappa shape index (κ3) is 4.14. The highest BCUT2D eigenvalue weighted by atomic mass is 16.2. The van der Waals surface area contributed by atoms with E-state index >= 15 is 0 Å². The molecule has 1 atom stereocenters. The molecular weight excluding hydrogens is 324 g/mol. The zero-order valence-electron chi connectivity index (χ0n) is 16.0. The van der Waals surface area contributed by atoms with Gasteiger partial charge < -0.3 is 20.0 Å². The van der Waals surface area contributed by atoms with Crippen LogP contribution in [-0.4, -0.2) is 67.7 Å². The Labute approximate surface area is 157 Å². The van der Waals surface area contributed by atoms with Gasteiger partial charge in [-0.3, -0.25) is 0 Å². The van der Waals surface area contributed by atoms with Crippen molar-refractivity contribution in [3.05, 3.63) is 29.8 Å². The van der Waals surface area contributed by atoms with Crippen molar-refractivity contribution in [2.75, 3.05) is 50.7 Å². The Morgan fingerprint density at radius 1 is 1.08 bits per heavy atom. The normalized spacial score (nSPS) is 24.6. The molecule has 3 fully saturated rings. The third-order valence-corrected chi connectivity index (χ3v) is 6.16. The number of aryl methyl sites for hydroxylation is 1. The fraction of sp³-hybridized carbons (Fsp3) is 0.667. The molecular formula is C21H32N4O. The molecule has 1 aliphatic carbocycles. The molecule has 1 N–H and O–H groups in total. The molecule has 0 spiro atoms. The first-order valence-corrected chi connectivity index (χ1v) is 10.3. The Morgan fingerprint density at radius 2 is 1.92 bits per heavy atom. The lowest BCUT2D eigenvalue weighted by Crippen LogP contribution is -2.44. The summed E-state index contributed by atoms with van der Waals surface area (Å²) in [6, 6.07) is 9.53. The summed E-state index contributed by atoms with van der Waals surface area (Å²) in [7, 11) is 0. The van der Waals surface area contributed by atoms with Crippen molar-refractivity contribution in [3.63, 3.8) is 0 Å². The monoisotopic (exact) mass is 356 g/mol. The van der Waals surface area contributed by atoms with E-state index in [1.54, 1.807) is 0 Å². The molecule has 5 heteroatoms. The van der Waals surface area contributed by atoms with E-state index < -0.39 is 0 Å². The molecule has 1 aromatic carbocycles. The van der Waals surface area contributed by atoms with E-state index in [0.29, 0.717) is 5.92 Å². The number of hydrogen-bond donors (Lipinski definition) is 1. The summed E-state index contributed by atoms with van der Waals surface area (Å²) >= 11 is 0. The largest absolute Gasteiger partial charge is 0.369 e. The summed E-state index contributed by atoms with van der Waals surface area (Å²) < 4.78 is 0. The second kappa shape index (κ2) is 7.87. The minimum atomic E-state index is 0.126. The smallest absolute Gasteiger partial charge is 0.317 e. The Bertz CT molecular complexity index is 630. The first-order chi connectivity index (χ1) is 12.7. The third-order valence-electron chi connectivity index (χ3n) is 6.16. The van der Waals surface area contributed by atoms with Gasteiger partial charge in [-0.15, -0.1) is 0 Å². The predicted octanol–water partition coefficient (Wildman–Crippen LogP) is 2.70. The topological polar surface area (TPSA) is 38.8 Å². The van der Waals surface area contributed by atoms with E-state index in [1.165, 1.54) is 43.6 Å². The van der Waals surface area contributed by atoms with Crippen LogP contribution in [0, 0.1) is 12.8 Å². The lowest BCUT2D eigenvalue weighted by molar-refractivity contribution is 0.199. The van der Waals surface area contributed by atoms with Crippen LogP contribution in [0.5, 0.6) is 0 Å². The van der Waals surface area contributed by atoms with Crippen molar-refractivity contribution >= 4 is 11.7 Å². The number of urea groups is 1. The molecule has 0 radical (unpaired) electrons. The Kier molecular flexibility index (Phi) is 5.34. The van der Waals surface area contributed by atoms with Gasteiger partial charge >= 0.3 is 6.03 Å². The summed E-state index contributed by atoms with van der Waals surface area (Å²) in [5.41, 5.74) is 2.62. The van der Waals surface area contributed by atoms with Crippen molar-refractivity contribution in [2.45, 2.75) is 38.6 Å². The molecule has 1 saturated carbocycles. The van der Waals surface area contributed by atoms with Crippen LogP contribution in [0.25, 0.3) is 0 Å². The number of hydrogen-bond acceptors (Lipinski definition) is 3. The van der Waals surface area contributed by atoms with Crippen molar-refractivity contribution in [3.8, 4) is 0 Å². The number of nitrogens with one attached hydrogen (secondary N) is 1. The predicted molar refractivity (Wildman–Crippen MR) is 106 cm³/mol. The summed E-state index contributed by atoms with van der Waals surface area (Å²) in [4.78, 5) is 19.7. The van der Waals surface area contributed by atoms with Gasteiger partial charge in [0.05, 0.1) is 0 Å². The van der Waals surface area contributed by atoms with Crippen molar-refractivity contribution in [2.24, 2.45) is 5.92 Å². The maximum atomic E-state index is 12.6. The lowest BCUT2D eigenvalue weighted by Gasteiger charge is -2.25. The fourth-order valence-corrected chi connectivity index (χ4v) is 4.42. The average molecular weight is 357 g/mol. The number of anilines is 1. The van der Waals surface area contributed by atoms with Gasteiger partial charge in [0, 0.05) is 51.0 Å². The first kappa shape index (κ1) is 17.7. The van der Waals surface area contributed by atoms with Gasteiger partial charge in [-0.2, -0.15) is 0 Å². The van der Waals surface area contributed by atoms with Gasteiger partial charge in [0.25, 0.3) is 0 Å². The molecule has 142 valence electrons. The number of amides is 2. The molecule has 3 aliphatic rings. The van der Waals surface area contributed by atoms with Crippen LogP contribution < -0.4 is 10.2 Å². The molecule has 0 bridgehead atoms. The summed E-state index contributed by atoms with van der Waals surface area (Å²) in [6.07, 6.45) is 5.02. The average Bonchev–Trinajstić information content (AvgIpc) is 3.43. The SMILES string of the molecule is Cc1ccccc1N1CCCN(C(=O)NC[C@@H]2CCN(C3CC3)C2)CC1. The number of rotatable bonds is 4. The summed E-state index contributed by atoms with van der Waals surface area (Å²) in [5, 5.41) is 3.21. The van der Waals surface area contributed by atoms with Gasteiger partial charge in [0.2, 0.25) is 0 Å². The Hall–Kier alpha value is -1.75. The van der Waals surface area contributed by atoms with Crippen LogP contribution in [0.3, 0.4) is 0 Å². The minimum absolute atomic E-state index is 0.126. The van der Waals surface area contributed by atoms with Gasteiger partial charge in [-0.05, 0) is 56.7 Å². The molecule has 2 aliphatic heterocycles. The number of benzene rings is 1. The molecule has 0 unspecified atom stereocenters. The van der Waals surface area contributed by atoms with Gasteiger partial charge in [0.15, 0.2) is 0 Å². The molecule has 4 rings (SSSR count). The standard InChI is InChI=1S/C21H32N4O/c1-17-5-2-3-6-20(17)23-10-4-11-24(14-13-23)21(26)22-15-18-9-12-25(16-18)19-7-8-19/h2-3,5-6,18-19H,4,7-16H2,1H3,(H,22,26)/t18-/m0/s1. The van der Waals surface area contributed by atoms with Gasteiger partial charge in [-0.25, -0.2) is 4.79 Å². The van der Waals surface area contributed by atoms with Crippen molar-refractivity contribution < 1.29 is 4.79 Å². The second-order valence-electron chi connectivity index (χ2n) is 8.18. The van der Waals surface area contributed by atoms with E-state index in [4.69, 9.17) is 0 Å². The molecule has 2 saturated heterocycles. The highest BCUT2D eigenvalue weighted by Gasteiger charge is 2.34. The summed E-state index contributed by atoms with van der Waals surface area (Å²) in [6.45, 7) is 8.99. The van der Waals surface area contributed by atoms with Crippen LogP contribution in [0.1, 0.15) is 31.2 Å². The highest BCUT2D eigenvalue weighted by molar-refractivity contribution is 5.74. The second-order valence-corrected chi connectivity index (χ2v) is 8.18. The number of likely N-dealkylation sites (tertiary alicyclic amines) is 1. The van der Waals surface area contributed by atoms with E-state index in [1.807, 2.05) is 4.90 Å². The number of carbonyl (C=O) groups is 1. The highest BCUT2D eigenvalue weighted by Crippen LogP contribution is 2.31. The molecule has 0 aromatic heterocycles. The fourth-order valence-electron chi connectivity index (χ4n) is 4.42.